The van der Waals surface area contributed by atoms with Crippen LogP contribution >= 0.6 is 0 Å². The number of rotatable bonds is 5. The van der Waals surface area contributed by atoms with Gasteiger partial charge in [0.05, 0.1) is 45.6 Å². The molecule has 0 aliphatic carbocycles. The van der Waals surface area contributed by atoms with Crippen molar-refractivity contribution in [2.24, 2.45) is 0 Å². The molecule has 250 valence electrons. The van der Waals surface area contributed by atoms with Crippen molar-refractivity contribution < 1.29 is 0 Å². The molecule has 0 bridgehead atoms. The Morgan fingerprint density at radius 1 is 0.481 bits per heavy atom. The lowest BCUT2D eigenvalue weighted by Gasteiger charge is -2.13. The lowest BCUT2D eigenvalue weighted by atomic mass is 10.1. The van der Waals surface area contributed by atoms with Gasteiger partial charge in [-0.3, -0.25) is 0 Å². The summed E-state index contributed by atoms with van der Waals surface area (Å²) in [6.07, 6.45) is 0. The molecule has 0 saturated heterocycles. The van der Waals surface area contributed by atoms with Crippen LogP contribution in [0.3, 0.4) is 0 Å². The van der Waals surface area contributed by atoms with Crippen LogP contribution in [0.1, 0.15) is 5.56 Å². The molecule has 3 heterocycles. The van der Waals surface area contributed by atoms with Gasteiger partial charge in [0, 0.05) is 38.2 Å². The van der Waals surface area contributed by atoms with E-state index in [2.05, 4.69) is 68.6 Å². The van der Waals surface area contributed by atoms with Gasteiger partial charge in [-0.25, -0.2) is 19.8 Å². The molecule has 0 aliphatic heterocycles. The third-order valence-electron chi connectivity index (χ3n) is 10.0. The zero-order chi connectivity index (χ0) is 36.2. The van der Waals surface area contributed by atoms with Gasteiger partial charge in [-0.05, 0) is 42.5 Å². The molecule has 0 spiro atoms. The Labute approximate surface area is 310 Å². The largest absolute Gasteiger partial charge is 0.318 e. The first-order chi connectivity index (χ1) is 26.7. The number of nitrogens with zero attached hydrogens (tertiary/aromatic N) is 7. The highest BCUT2D eigenvalue weighted by molar-refractivity contribution is 6.26. The topological polar surface area (TPSA) is 76.7 Å². The van der Waals surface area contributed by atoms with Gasteiger partial charge in [-0.15, -0.1) is 0 Å². The van der Waals surface area contributed by atoms with Gasteiger partial charge in [-0.2, -0.15) is 5.26 Å². The maximum Gasteiger partial charge on any atom is 0.210 e. The van der Waals surface area contributed by atoms with Crippen LogP contribution in [0.15, 0.2) is 164 Å². The standard InChI is InChI=1S/C47H27N7/c1-49-37-20-10-13-23-41(37)54-39-21-11-8-18-34(39)35-25-27-42-43(44(35)54)36-19-9-12-22-40(36)53(42)38-26-24-32(28-33(38)29-48)47-51-45(30-14-4-2-5-15-30)50-46(52-47)31-16-6-3-7-17-31/h2-28H. The Balaban J connectivity index is 1.23. The smallest absolute Gasteiger partial charge is 0.210 e. The highest BCUT2D eigenvalue weighted by atomic mass is 15.0. The predicted molar refractivity (Wildman–Crippen MR) is 216 cm³/mol. The molecule has 0 saturated carbocycles. The second kappa shape index (κ2) is 12.4. The van der Waals surface area contributed by atoms with Crippen molar-refractivity contribution >= 4 is 49.3 Å². The molecule has 0 fully saturated rings. The molecule has 7 aromatic carbocycles. The molecule has 10 aromatic rings. The van der Waals surface area contributed by atoms with E-state index in [0.29, 0.717) is 34.3 Å². The number of fused-ring (bicyclic) bond motifs is 7. The van der Waals surface area contributed by atoms with E-state index in [0.717, 1.165) is 66.1 Å². The molecule has 3 aromatic heterocycles. The molecule has 0 atom stereocenters. The number of benzene rings is 7. The highest BCUT2D eigenvalue weighted by Crippen LogP contribution is 2.43. The van der Waals surface area contributed by atoms with E-state index in [1.165, 1.54) is 0 Å². The zero-order valence-corrected chi connectivity index (χ0v) is 28.7. The Morgan fingerprint density at radius 3 is 1.72 bits per heavy atom. The molecule has 10 rings (SSSR count). The quantitative estimate of drug-likeness (QED) is 0.169. The lowest BCUT2D eigenvalue weighted by molar-refractivity contribution is 1.07. The molecule has 0 amide bonds. The van der Waals surface area contributed by atoms with Crippen molar-refractivity contribution in [1.29, 1.82) is 5.26 Å². The highest BCUT2D eigenvalue weighted by Gasteiger charge is 2.23. The van der Waals surface area contributed by atoms with Gasteiger partial charge in [0.2, 0.25) is 5.69 Å². The fraction of sp³-hybridized carbons (Fsp3) is 0. The summed E-state index contributed by atoms with van der Waals surface area (Å²) in [5.41, 5.74) is 9.07. The SMILES string of the molecule is [C-]#[N+]c1ccccc1-n1c2ccccc2c2ccc3c(c4ccccc4n3-c3ccc(-c4nc(-c5ccccc5)nc(-c5ccccc5)n4)cc3C#N)c21. The van der Waals surface area contributed by atoms with E-state index < -0.39 is 0 Å². The van der Waals surface area contributed by atoms with Crippen LogP contribution in [-0.4, -0.2) is 24.1 Å². The van der Waals surface area contributed by atoms with E-state index in [-0.39, 0.29) is 0 Å². The molecule has 7 heteroatoms. The van der Waals surface area contributed by atoms with Crippen LogP contribution in [-0.2, 0) is 0 Å². The lowest BCUT2D eigenvalue weighted by Crippen LogP contribution is -2.02. The first kappa shape index (κ1) is 30.9. The fourth-order valence-corrected chi connectivity index (χ4v) is 7.66. The van der Waals surface area contributed by atoms with Crippen molar-refractivity contribution in [3.63, 3.8) is 0 Å². The van der Waals surface area contributed by atoms with E-state index in [1.54, 1.807) is 0 Å². The summed E-state index contributed by atoms with van der Waals surface area (Å²) in [7, 11) is 0. The van der Waals surface area contributed by atoms with Gasteiger partial charge in [-0.1, -0.05) is 121 Å². The Hall–Kier alpha value is -7.87. The first-order valence-electron chi connectivity index (χ1n) is 17.6. The monoisotopic (exact) mass is 689 g/mol. The minimum absolute atomic E-state index is 0.483. The molecule has 7 nitrogen and oxygen atoms in total. The number of aromatic nitrogens is 5. The average molecular weight is 690 g/mol. The summed E-state index contributed by atoms with van der Waals surface area (Å²) in [6.45, 7) is 8.01. The Bertz CT molecular complexity index is 3120. The molecule has 0 aliphatic rings. The van der Waals surface area contributed by atoms with Crippen molar-refractivity contribution in [3.05, 3.63) is 181 Å². The summed E-state index contributed by atoms with van der Waals surface area (Å²) in [4.78, 5) is 18.6. The van der Waals surface area contributed by atoms with Gasteiger partial charge in [0.15, 0.2) is 17.5 Å². The third kappa shape index (κ3) is 4.77. The van der Waals surface area contributed by atoms with E-state index in [1.807, 2.05) is 115 Å². The van der Waals surface area contributed by atoms with E-state index in [4.69, 9.17) is 21.5 Å². The zero-order valence-electron chi connectivity index (χ0n) is 28.7. The molecule has 0 radical (unpaired) electrons. The minimum atomic E-state index is 0.483. The van der Waals surface area contributed by atoms with Gasteiger partial charge < -0.3 is 9.13 Å². The van der Waals surface area contributed by atoms with Crippen LogP contribution < -0.4 is 0 Å². The normalized spacial score (nSPS) is 11.3. The number of para-hydroxylation sites is 4. The van der Waals surface area contributed by atoms with Crippen LogP contribution in [0, 0.1) is 17.9 Å². The summed E-state index contributed by atoms with van der Waals surface area (Å²) in [5, 5.41) is 15.1. The molecule has 0 unspecified atom stereocenters. The maximum absolute atomic E-state index is 10.8. The van der Waals surface area contributed by atoms with Gasteiger partial charge in [0.25, 0.3) is 0 Å². The summed E-state index contributed by atoms with van der Waals surface area (Å²) >= 11 is 0. The van der Waals surface area contributed by atoms with Gasteiger partial charge >= 0.3 is 0 Å². The van der Waals surface area contributed by atoms with Crippen LogP contribution in [0.25, 0.3) is 94.0 Å². The maximum atomic E-state index is 10.8. The fourth-order valence-electron chi connectivity index (χ4n) is 7.66. The van der Waals surface area contributed by atoms with Crippen LogP contribution in [0.2, 0.25) is 0 Å². The van der Waals surface area contributed by atoms with Crippen molar-refractivity contribution in [2.75, 3.05) is 0 Å². The minimum Gasteiger partial charge on any atom is -0.318 e. The second-order valence-electron chi connectivity index (χ2n) is 13.0. The predicted octanol–water partition coefficient (Wildman–Crippen LogP) is 11.5. The van der Waals surface area contributed by atoms with Crippen LogP contribution in [0.5, 0.6) is 0 Å². The summed E-state index contributed by atoms with van der Waals surface area (Å²) in [5.74, 6) is 1.60. The van der Waals surface area contributed by atoms with Crippen molar-refractivity contribution in [2.45, 2.75) is 0 Å². The summed E-state index contributed by atoms with van der Waals surface area (Å²) in [6, 6.07) is 56.8. The van der Waals surface area contributed by atoms with Gasteiger partial charge in [0.1, 0.15) is 6.07 Å². The first-order valence-corrected chi connectivity index (χ1v) is 17.6. The van der Waals surface area contributed by atoms with Crippen molar-refractivity contribution in [3.8, 4) is 51.6 Å². The number of hydrogen-bond acceptors (Lipinski definition) is 4. The molecule has 0 N–H and O–H groups in total. The van der Waals surface area contributed by atoms with Crippen molar-refractivity contribution in [1.82, 2.24) is 24.1 Å². The third-order valence-corrected chi connectivity index (χ3v) is 10.0. The number of nitriles is 1. The van der Waals surface area contributed by atoms with E-state index >= 15 is 0 Å². The Kier molecular flexibility index (Phi) is 7.11. The average Bonchev–Trinajstić information content (AvgIpc) is 3.76. The molecular formula is C47H27N7. The van der Waals surface area contributed by atoms with E-state index in [9.17, 15) is 5.26 Å². The molecule has 54 heavy (non-hydrogen) atoms. The van der Waals surface area contributed by atoms with Crippen LogP contribution in [0.4, 0.5) is 5.69 Å². The molecular weight excluding hydrogens is 663 g/mol. The number of hydrogen-bond donors (Lipinski definition) is 0. The summed E-state index contributed by atoms with van der Waals surface area (Å²) < 4.78 is 4.40. The Morgan fingerprint density at radius 2 is 1.06 bits per heavy atom. The second-order valence-corrected chi connectivity index (χ2v) is 13.0.